The van der Waals surface area contributed by atoms with E-state index < -0.39 is 5.92 Å². The molecule has 194 valence electrons. The van der Waals surface area contributed by atoms with Gasteiger partial charge in [-0.1, -0.05) is 6.07 Å². The number of halogens is 2. The summed E-state index contributed by atoms with van der Waals surface area (Å²) in [5.74, 6) is -2.60. The Morgan fingerprint density at radius 2 is 1.79 bits per heavy atom. The van der Waals surface area contributed by atoms with Crippen LogP contribution < -0.4 is 4.90 Å². The summed E-state index contributed by atoms with van der Waals surface area (Å²) in [5.41, 5.74) is 7.55. The van der Waals surface area contributed by atoms with Crippen molar-refractivity contribution in [2.45, 2.75) is 38.2 Å². The third-order valence-electron chi connectivity index (χ3n) is 7.79. The number of anilines is 1. The van der Waals surface area contributed by atoms with Crippen molar-refractivity contribution in [1.29, 1.82) is 0 Å². The van der Waals surface area contributed by atoms with E-state index in [9.17, 15) is 8.78 Å². The van der Waals surface area contributed by atoms with Gasteiger partial charge in [0, 0.05) is 84.3 Å². The highest BCUT2D eigenvalue weighted by Crippen LogP contribution is 2.35. The number of hydrogen-bond donors (Lipinski definition) is 2. The molecule has 0 amide bonds. The predicted molar refractivity (Wildman–Crippen MR) is 145 cm³/mol. The van der Waals surface area contributed by atoms with Gasteiger partial charge in [-0.25, -0.2) is 13.8 Å². The quantitative estimate of drug-likeness (QED) is 0.302. The minimum absolute atomic E-state index is 0.0861. The average Bonchev–Trinajstić information content (AvgIpc) is 3.64. The lowest BCUT2D eigenvalue weighted by molar-refractivity contribution is 0.0115. The molecule has 0 aliphatic carbocycles. The fraction of sp³-hybridized carbons (Fsp3) is 0.345. The standard InChI is InChI=1S/C29H29F2N7/c30-29(31)7-10-37(18-29)17-19-11-20(15-32-14-19)21-12-23-27(35-36-28(23)33-16-21)25-13-22-24(34-25)5-4-6-26(22)38-8-2-1-3-9-38/h4-6,11-16,34H,1-3,7-10,17-18H2,(H,33,35,36). The SMILES string of the molecule is FC1(F)CCN(Cc2cncc(-c3cnc4[nH]nc(-c5cc6c(N7CCCCC7)cccc6[nH]5)c4c3)c2)C1. The third-order valence-corrected chi connectivity index (χ3v) is 7.79. The molecule has 2 N–H and O–H groups in total. The van der Waals surface area contributed by atoms with Gasteiger partial charge in [0.15, 0.2) is 5.65 Å². The number of alkyl halides is 2. The number of benzene rings is 1. The molecule has 0 bridgehead atoms. The summed E-state index contributed by atoms with van der Waals surface area (Å²) < 4.78 is 27.3. The molecule has 9 heteroatoms. The van der Waals surface area contributed by atoms with Crippen molar-refractivity contribution in [1.82, 2.24) is 30.0 Å². The summed E-state index contributed by atoms with van der Waals surface area (Å²) in [6, 6.07) is 12.7. The molecule has 2 aliphatic heterocycles. The van der Waals surface area contributed by atoms with Gasteiger partial charge in [0.05, 0.1) is 12.2 Å². The third kappa shape index (κ3) is 4.30. The van der Waals surface area contributed by atoms with Crippen LogP contribution in [0.1, 0.15) is 31.2 Å². The number of hydrogen-bond acceptors (Lipinski definition) is 5. The Bertz CT molecular complexity index is 1620. The van der Waals surface area contributed by atoms with Crippen LogP contribution in [-0.4, -0.2) is 62.2 Å². The smallest absolute Gasteiger partial charge is 0.261 e. The molecule has 2 saturated heterocycles. The van der Waals surface area contributed by atoms with Gasteiger partial charge in [-0.3, -0.25) is 15.0 Å². The number of aromatic nitrogens is 5. The molecule has 7 nitrogen and oxygen atoms in total. The van der Waals surface area contributed by atoms with E-state index in [1.165, 1.54) is 30.3 Å². The maximum Gasteiger partial charge on any atom is 0.261 e. The number of H-pyrrole nitrogens is 2. The minimum atomic E-state index is -2.60. The van der Waals surface area contributed by atoms with E-state index in [4.69, 9.17) is 0 Å². The Balaban J connectivity index is 1.22. The van der Waals surface area contributed by atoms with Crippen molar-refractivity contribution in [3.05, 3.63) is 60.6 Å². The van der Waals surface area contributed by atoms with Gasteiger partial charge >= 0.3 is 0 Å². The second kappa shape index (κ2) is 9.16. The molecule has 38 heavy (non-hydrogen) atoms. The van der Waals surface area contributed by atoms with Gasteiger partial charge in [-0.2, -0.15) is 5.10 Å². The first kappa shape index (κ1) is 23.3. The Kier molecular flexibility index (Phi) is 5.61. The monoisotopic (exact) mass is 513 g/mol. The van der Waals surface area contributed by atoms with Crippen molar-refractivity contribution >= 4 is 27.6 Å². The molecule has 0 atom stereocenters. The summed E-state index contributed by atoms with van der Waals surface area (Å²) in [6.45, 7) is 2.83. The van der Waals surface area contributed by atoms with Crippen LogP contribution in [0.25, 0.3) is 44.5 Å². The summed E-state index contributed by atoms with van der Waals surface area (Å²) in [6.07, 6.45) is 9.01. The van der Waals surface area contributed by atoms with Gasteiger partial charge in [0.25, 0.3) is 5.92 Å². The van der Waals surface area contributed by atoms with Crippen LogP contribution in [0.4, 0.5) is 14.5 Å². The van der Waals surface area contributed by atoms with Gasteiger partial charge < -0.3 is 9.88 Å². The number of piperidine rings is 1. The van der Waals surface area contributed by atoms with Crippen molar-refractivity contribution in [3.63, 3.8) is 0 Å². The van der Waals surface area contributed by atoms with Crippen molar-refractivity contribution in [2.75, 3.05) is 31.1 Å². The zero-order valence-corrected chi connectivity index (χ0v) is 21.1. The van der Waals surface area contributed by atoms with Crippen molar-refractivity contribution < 1.29 is 8.78 Å². The molecular weight excluding hydrogens is 484 g/mol. The Morgan fingerprint density at radius 3 is 2.63 bits per heavy atom. The molecule has 7 rings (SSSR count). The highest BCUT2D eigenvalue weighted by atomic mass is 19.3. The van der Waals surface area contributed by atoms with Crippen LogP contribution in [0.15, 0.2) is 55.0 Å². The summed E-state index contributed by atoms with van der Waals surface area (Å²) in [4.78, 5) is 16.8. The second-order valence-electron chi connectivity index (χ2n) is 10.6. The Hall–Kier alpha value is -3.85. The highest BCUT2D eigenvalue weighted by Gasteiger charge is 2.37. The fourth-order valence-corrected chi connectivity index (χ4v) is 5.88. The van der Waals surface area contributed by atoms with Crippen molar-refractivity contribution in [2.24, 2.45) is 0 Å². The van der Waals surface area contributed by atoms with E-state index in [0.29, 0.717) is 18.7 Å². The molecule has 0 saturated carbocycles. The predicted octanol–water partition coefficient (Wildman–Crippen LogP) is 6.00. The largest absolute Gasteiger partial charge is 0.371 e. The lowest BCUT2D eigenvalue weighted by Crippen LogP contribution is -2.29. The molecule has 0 radical (unpaired) electrons. The van der Waals surface area contributed by atoms with Crippen LogP contribution in [0.3, 0.4) is 0 Å². The van der Waals surface area contributed by atoms with E-state index in [1.807, 2.05) is 6.07 Å². The van der Waals surface area contributed by atoms with Gasteiger partial charge in [0.2, 0.25) is 0 Å². The van der Waals surface area contributed by atoms with Crippen LogP contribution in [0.2, 0.25) is 0 Å². The number of likely N-dealkylation sites (tertiary alicyclic amines) is 1. The molecule has 2 aliphatic rings. The number of pyridine rings is 2. The van der Waals surface area contributed by atoms with Crippen LogP contribution in [-0.2, 0) is 6.54 Å². The fourth-order valence-electron chi connectivity index (χ4n) is 5.88. The molecule has 0 unspecified atom stereocenters. The second-order valence-corrected chi connectivity index (χ2v) is 10.6. The first-order valence-electron chi connectivity index (χ1n) is 13.3. The average molecular weight is 514 g/mol. The maximum atomic E-state index is 13.6. The van der Waals surface area contributed by atoms with E-state index in [0.717, 1.165) is 52.1 Å². The van der Waals surface area contributed by atoms with E-state index in [2.05, 4.69) is 60.4 Å². The lowest BCUT2D eigenvalue weighted by atomic mass is 10.1. The van der Waals surface area contributed by atoms with E-state index >= 15 is 0 Å². The molecule has 4 aromatic heterocycles. The van der Waals surface area contributed by atoms with Crippen molar-refractivity contribution in [3.8, 4) is 22.5 Å². The molecule has 2 fully saturated rings. The number of rotatable bonds is 5. The zero-order chi connectivity index (χ0) is 25.7. The lowest BCUT2D eigenvalue weighted by Gasteiger charge is -2.29. The van der Waals surface area contributed by atoms with Crippen LogP contribution in [0.5, 0.6) is 0 Å². The zero-order valence-electron chi connectivity index (χ0n) is 21.1. The topological polar surface area (TPSA) is 76.7 Å². The first-order chi connectivity index (χ1) is 18.5. The van der Waals surface area contributed by atoms with Gasteiger partial charge in [-0.05, 0) is 55.2 Å². The molecule has 0 spiro atoms. The summed E-state index contributed by atoms with van der Waals surface area (Å²) in [7, 11) is 0. The Morgan fingerprint density at radius 1 is 0.921 bits per heavy atom. The number of nitrogens with one attached hydrogen (secondary N) is 2. The number of nitrogens with zero attached hydrogens (tertiary/aromatic N) is 5. The summed E-state index contributed by atoms with van der Waals surface area (Å²) in [5, 5.41) is 9.80. The highest BCUT2D eigenvalue weighted by molar-refractivity contribution is 6.00. The molecule has 5 aromatic rings. The summed E-state index contributed by atoms with van der Waals surface area (Å²) >= 11 is 0. The van der Waals surface area contributed by atoms with E-state index in [-0.39, 0.29) is 13.0 Å². The minimum Gasteiger partial charge on any atom is -0.371 e. The first-order valence-corrected chi connectivity index (χ1v) is 13.3. The van der Waals surface area contributed by atoms with Crippen LogP contribution in [0, 0.1) is 0 Å². The van der Waals surface area contributed by atoms with Crippen LogP contribution >= 0.6 is 0 Å². The van der Waals surface area contributed by atoms with Gasteiger partial charge in [-0.15, -0.1) is 0 Å². The van der Waals surface area contributed by atoms with E-state index in [1.54, 1.807) is 23.5 Å². The van der Waals surface area contributed by atoms with Gasteiger partial charge in [0.1, 0.15) is 5.69 Å². The number of fused-ring (bicyclic) bond motifs is 2. The molecule has 6 heterocycles. The maximum absolute atomic E-state index is 13.6. The number of aromatic amines is 2. The Labute approximate surface area is 218 Å². The molecule has 1 aromatic carbocycles. The molecular formula is C29H29F2N7. The normalized spacial score (nSPS) is 18.1.